The molecule has 1 aliphatic rings. The minimum atomic E-state index is -0.345. The summed E-state index contributed by atoms with van der Waals surface area (Å²) in [6.07, 6.45) is 2.99. The van der Waals surface area contributed by atoms with Crippen LogP contribution in [0.25, 0.3) is 0 Å². The first-order valence-electron chi connectivity index (χ1n) is 4.61. The van der Waals surface area contributed by atoms with Crippen LogP contribution in [0.3, 0.4) is 0 Å². The van der Waals surface area contributed by atoms with Gasteiger partial charge in [-0.2, -0.15) is 0 Å². The van der Waals surface area contributed by atoms with Crippen LogP contribution in [-0.2, 0) is 5.54 Å². The highest BCUT2D eigenvalue weighted by Gasteiger charge is 2.37. The lowest BCUT2D eigenvalue weighted by Crippen LogP contribution is -2.43. The molecule has 0 radical (unpaired) electrons. The second-order valence-electron chi connectivity index (χ2n) is 3.87. The van der Waals surface area contributed by atoms with E-state index in [1.165, 1.54) is 0 Å². The number of nitrogens with two attached hydrogens (primary N) is 2. The minimum Gasteiger partial charge on any atom is -0.505 e. The molecule has 0 heterocycles. The molecule has 0 aliphatic heterocycles. The van der Waals surface area contributed by atoms with Crippen molar-refractivity contribution >= 4 is 28.3 Å². The minimum absolute atomic E-state index is 0.166. The third kappa shape index (κ3) is 1.37. The Labute approximate surface area is 96.6 Å². The third-order valence-electron chi connectivity index (χ3n) is 2.95. The van der Waals surface area contributed by atoms with Crippen LogP contribution < -0.4 is 11.5 Å². The van der Waals surface area contributed by atoms with Gasteiger partial charge in [-0.15, -0.1) is 0 Å². The standard InChI is InChI=1S/C10H13IN2O/c11-7-3-2-6(9(14)8(7)12)10(13)4-1-5-10/h2-3,14H,1,4-5,12-13H2. The number of hydrogen-bond donors (Lipinski definition) is 3. The SMILES string of the molecule is Nc1c(I)ccc(C2(N)CCC2)c1O. The smallest absolute Gasteiger partial charge is 0.144 e. The molecule has 1 aromatic carbocycles. The van der Waals surface area contributed by atoms with Crippen LogP contribution in [0, 0.1) is 3.57 Å². The van der Waals surface area contributed by atoms with E-state index in [1.807, 2.05) is 12.1 Å². The van der Waals surface area contributed by atoms with Gasteiger partial charge in [0.05, 0.1) is 5.69 Å². The van der Waals surface area contributed by atoms with Crippen molar-refractivity contribution in [3.8, 4) is 5.75 Å². The molecule has 0 aromatic heterocycles. The van der Waals surface area contributed by atoms with E-state index in [9.17, 15) is 5.11 Å². The Morgan fingerprint density at radius 2 is 2.00 bits per heavy atom. The number of rotatable bonds is 1. The van der Waals surface area contributed by atoms with Gasteiger partial charge < -0.3 is 16.6 Å². The van der Waals surface area contributed by atoms with Crippen molar-refractivity contribution in [2.45, 2.75) is 24.8 Å². The van der Waals surface area contributed by atoms with Crippen LogP contribution >= 0.6 is 22.6 Å². The molecule has 2 rings (SSSR count). The summed E-state index contributed by atoms with van der Waals surface area (Å²) in [6.45, 7) is 0. The number of hydrogen-bond acceptors (Lipinski definition) is 3. The molecule has 0 spiro atoms. The summed E-state index contributed by atoms with van der Waals surface area (Å²) in [5.41, 5.74) is 12.8. The summed E-state index contributed by atoms with van der Waals surface area (Å²) < 4.78 is 0.867. The summed E-state index contributed by atoms with van der Waals surface area (Å²) in [4.78, 5) is 0. The van der Waals surface area contributed by atoms with Gasteiger partial charge in [-0.3, -0.25) is 0 Å². The Hall–Kier alpha value is -0.490. The number of halogens is 1. The van der Waals surface area contributed by atoms with Gasteiger partial charge in [-0.1, -0.05) is 6.07 Å². The van der Waals surface area contributed by atoms with E-state index in [-0.39, 0.29) is 11.3 Å². The molecule has 0 unspecified atom stereocenters. The fourth-order valence-electron chi connectivity index (χ4n) is 1.81. The quantitative estimate of drug-likeness (QED) is 0.422. The molecule has 1 fully saturated rings. The van der Waals surface area contributed by atoms with Crippen LogP contribution in [0.15, 0.2) is 12.1 Å². The second kappa shape index (κ2) is 3.27. The maximum Gasteiger partial charge on any atom is 0.144 e. The van der Waals surface area contributed by atoms with Crippen LogP contribution in [0.1, 0.15) is 24.8 Å². The zero-order valence-electron chi connectivity index (χ0n) is 7.76. The molecule has 0 bridgehead atoms. The summed E-state index contributed by atoms with van der Waals surface area (Å²) in [6, 6.07) is 3.78. The lowest BCUT2D eigenvalue weighted by atomic mass is 9.72. The van der Waals surface area contributed by atoms with Gasteiger partial charge in [-0.05, 0) is 47.9 Å². The van der Waals surface area contributed by atoms with Crippen molar-refractivity contribution in [1.29, 1.82) is 0 Å². The number of phenols is 1. The van der Waals surface area contributed by atoms with E-state index < -0.39 is 0 Å². The maximum atomic E-state index is 9.87. The van der Waals surface area contributed by atoms with Gasteiger partial charge in [0.1, 0.15) is 5.75 Å². The van der Waals surface area contributed by atoms with Crippen molar-refractivity contribution < 1.29 is 5.11 Å². The molecule has 14 heavy (non-hydrogen) atoms. The molecule has 0 amide bonds. The summed E-state index contributed by atoms with van der Waals surface area (Å²) in [7, 11) is 0. The number of benzene rings is 1. The molecule has 4 heteroatoms. The monoisotopic (exact) mass is 304 g/mol. The van der Waals surface area contributed by atoms with E-state index in [4.69, 9.17) is 11.5 Å². The Kier molecular flexibility index (Phi) is 2.35. The Morgan fingerprint density at radius 3 is 2.50 bits per heavy atom. The van der Waals surface area contributed by atoms with Crippen molar-refractivity contribution in [3.63, 3.8) is 0 Å². The highest BCUT2D eigenvalue weighted by Crippen LogP contribution is 2.44. The van der Waals surface area contributed by atoms with E-state index in [2.05, 4.69) is 22.6 Å². The van der Waals surface area contributed by atoms with Crippen molar-refractivity contribution in [3.05, 3.63) is 21.3 Å². The van der Waals surface area contributed by atoms with Crippen molar-refractivity contribution in [2.75, 3.05) is 5.73 Å². The largest absolute Gasteiger partial charge is 0.505 e. The van der Waals surface area contributed by atoms with Gasteiger partial charge in [0, 0.05) is 14.7 Å². The predicted octanol–water partition coefficient (Wildman–Crippen LogP) is 1.92. The van der Waals surface area contributed by atoms with E-state index in [1.54, 1.807) is 0 Å². The molecule has 3 nitrogen and oxygen atoms in total. The van der Waals surface area contributed by atoms with Gasteiger partial charge in [0.2, 0.25) is 0 Å². The van der Waals surface area contributed by atoms with E-state index >= 15 is 0 Å². The Morgan fingerprint density at radius 1 is 1.36 bits per heavy atom. The first kappa shape index (κ1) is 10.0. The van der Waals surface area contributed by atoms with Crippen molar-refractivity contribution in [1.82, 2.24) is 0 Å². The van der Waals surface area contributed by atoms with Crippen LogP contribution in [0.2, 0.25) is 0 Å². The summed E-state index contributed by atoms with van der Waals surface area (Å²) >= 11 is 2.10. The van der Waals surface area contributed by atoms with Gasteiger partial charge >= 0.3 is 0 Å². The first-order chi connectivity index (χ1) is 6.54. The van der Waals surface area contributed by atoms with Crippen LogP contribution in [0.5, 0.6) is 5.75 Å². The molecule has 76 valence electrons. The summed E-state index contributed by atoms with van der Waals surface area (Å²) in [5, 5.41) is 9.87. The summed E-state index contributed by atoms with van der Waals surface area (Å²) in [5.74, 6) is 0.166. The normalized spacial score (nSPS) is 19.0. The fourth-order valence-corrected chi connectivity index (χ4v) is 2.25. The first-order valence-corrected chi connectivity index (χ1v) is 5.69. The van der Waals surface area contributed by atoms with E-state index in [0.717, 1.165) is 28.4 Å². The Bertz CT molecular complexity index is 375. The van der Waals surface area contributed by atoms with Gasteiger partial charge in [-0.25, -0.2) is 0 Å². The van der Waals surface area contributed by atoms with Gasteiger partial charge in [0.25, 0.3) is 0 Å². The zero-order chi connectivity index (χ0) is 10.3. The van der Waals surface area contributed by atoms with Crippen molar-refractivity contribution in [2.24, 2.45) is 5.73 Å². The topological polar surface area (TPSA) is 72.3 Å². The number of aromatic hydroxyl groups is 1. The number of nitrogen functional groups attached to an aromatic ring is 1. The molecule has 1 aliphatic carbocycles. The third-order valence-corrected chi connectivity index (χ3v) is 3.89. The zero-order valence-corrected chi connectivity index (χ0v) is 9.91. The highest BCUT2D eigenvalue weighted by atomic mass is 127. The fraction of sp³-hybridized carbons (Fsp3) is 0.400. The highest BCUT2D eigenvalue weighted by molar-refractivity contribution is 14.1. The molecular weight excluding hydrogens is 291 g/mol. The second-order valence-corrected chi connectivity index (χ2v) is 5.03. The van der Waals surface area contributed by atoms with Crippen LogP contribution in [0.4, 0.5) is 5.69 Å². The molecular formula is C10H13IN2O. The number of phenolic OH excluding ortho intramolecular Hbond substituents is 1. The molecule has 1 saturated carbocycles. The van der Waals surface area contributed by atoms with Crippen LogP contribution in [-0.4, -0.2) is 5.11 Å². The predicted molar refractivity (Wildman–Crippen MR) is 65.0 cm³/mol. The van der Waals surface area contributed by atoms with E-state index in [0.29, 0.717) is 5.69 Å². The molecule has 0 saturated heterocycles. The average Bonchev–Trinajstić information content (AvgIpc) is 2.11. The molecule has 1 aromatic rings. The average molecular weight is 304 g/mol. The lowest BCUT2D eigenvalue weighted by molar-refractivity contribution is 0.246. The Balaban J connectivity index is 2.49. The molecule has 0 atom stereocenters. The maximum absolute atomic E-state index is 9.87. The number of anilines is 1. The molecule has 5 N–H and O–H groups in total. The lowest BCUT2D eigenvalue weighted by Gasteiger charge is -2.39. The van der Waals surface area contributed by atoms with Gasteiger partial charge in [0.15, 0.2) is 0 Å².